The van der Waals surface area contributed by atoms with Crippen LogP contribution in [0.3, 0.4) is 0 Å². The summed E-state index contributed by atoms with van der Waals surface area (Å²) in [7, 11) is -3.93. The molecule has 0 unspecified atom stereocenters. The second-order valence-corrected chi connectivity index (χ2v) is 9.72. The van der Waals surface area contributed by atoms with Gasteiger partial charge in [0.2, 0.25) is 0 Å². The first-order chi connectivity index (χ1) is 14.3. The Kier molecular flexibility index (Phi) is 6.06. The Hall–Kier alpha value is -2.06. The molecular formula is C20H17Cl3N4O2S. The highest BCUT2D eigenvalue weighted by molar-refractivity contribution is 7.92. The average molecular weight is 484 g/mol. The summed E-state index contributed by atoms with van der Waals surface area (Å²) in [6, 6.07) is 13.2. The van der Waals surface area contributed by atoms with Crippen LogP contribution in [-0.2, 0) is 10.0 Å². The first-order valence-corrected chi connectivity index (χ1v) is 11.8. The van der Waals surface area contributed by atoms with Gasteiger partial charge in [-0.3, -0.25) is 4.72 Å². The van der Waals surface area contributed by atoms with E-state index in [0.717, 1.165) is 24.5 Å². The molecule has 0 saturated carbocycles. The van der Waals surface area contributed by atoms with E-state index in [4.69, 9.17) is 34.8 Å². The van der Waals surface area contributed by atoms with Gasteiger partial charge in [0.05, 0.1) is 20.8 Å². The number of aromatic nitrogens is 2. The highest BCUT2D eigenvalue weighted by atomic mass is 35.5. The summed E-state index contributed by atoms with van der Waals surface area (Å²) in [5, 5.41) is 8.88. The number of halogens is 3. The second kappa shape index (κ2) is 8.59. The average Bonchev–Trinajstić information content (AvgIpc) is 3.26. The number of hydrogen-bond acceptors (Lipinski definition) is 5. The monoisotopic (exact) mass is 482 g/mol. The number of hydrogen-bond donors (Lipinski definition) is 1. The summed E-state index contributed by atoms with van der Waals surface area (Å²) in [6.45, 7) is 2.01. The number of benzene rings is 2. The Morgan fingerprint density at radius 1 is 0.833 bits per heavy atom. The van der Waals surface area contributed by atoms with Gasteiger partial charge in [0.25, 0.3) is 10.0 Å². The van der Waals surface area contributed by atoms with E-state index in [-0.39, 0.29) is 20.0 Å². The van der Waals surface area contributed by atoms with E-state index >= 15 is 0 Å². The molecule has 1 N–H and O–H groups in total. The van der Waals surface area contributed by atoms with Gasteiger partial charge in [-0.1, -0.05) is 46.9 Å². The van der Waals surface area contributed by atoms with Crippen molar-refractivity contribution in [2.75, 3.05) is 22.7 Å². The van der Waals surface area contributed by atoms with Crippen LogP contribution in [0.4, 0.5) is 11.5 Å². The Bertz CT molecular complexity index is 1160. The van der Waals surface area contributed by atoms with Crippen molar-refractivity contribution >= 4 is 56.3 Å². The Balaban J connectivity index is 1.51. The molecule has 1 saturated heterocycles. The molecule has 30 heavy (non-hydrogen) atoms. The van der Waals surface area contributed by atoms with Crippen LogP contribution in [0.25, 0.3) is 11.3 Å². The molecule has 0 aliphatic carbocycles. The van der Waals surface area contributed by atoms with Crippen molar-refractivity contribution in [2.24, 2.45) is 0 Å². The lowest BCUT2D eigenvalue weighted by Gasteiger charge is -2.15. The highest BCUT2D eigenvalue weighted by Crippen LogP contribution is 2.32. The van der Waals surface area contributed by atoms with E-state index < -0.39 is 10.0 Å². The van der Waals surface area contributed by atoms with Gasteiger partial charge in [-0.25, -0.2) is 8.42 Å². The maximum atomic E-state index is 12.7. The maximum absolute atomic E-state index is 12.7. The predicted octanol–water partition coefficient (Wildman–Crippen LogP) is 5.50. The quantitative estimate of drug-likeness (QED) is 0.485. The summed E-state index contributed by atoms with van der Waals surface area (Å²) in [5.74, 6) is 0.874. The molecule has 1 fully saturated rings. The molecule has 0 spiro atoms. The lowest BCUT2D eigenvalue weighted by Crippen LogP contribution is -2.19. The number of nitrogens with one attached hydrogen (secondary N) is 1. The van der Waals surface area contributed by atoms with Crippen LogP contribution in [0.2, 0.25) is 15.1 Å². The van der Waals surface area contributed by atoms with Crippen LogP contribution < -0.4 is 9.62 Å². The van der Waals surface area contributed by atoms with Crippen molar-refractivity contribution in [3.8, 4) is 11.3 Å². The molecule has 1 aliphatic rings. The number of rotatable bonds is 5. The molecular weight excluding hydrogens is 467 g/mol. The van der Waals surface area contributed by atoms with Gasteiger partial charge in [0.15, 0.2) is 5.82 Å². The van der Waals surface area contributed by atoms with Crippen molar-refractivity contribution < 1.29 is 8.42 Å². The lowest BCUT2D eigenvalue weighted by molar-refractivity contribution is 0.601. The summed E-state index contributed by atoms with van der Waals surface area (Å²) in [4.78, 5) is 2.06. The number of nitrogens with zero attached hydrogens (tertiary/aromatic N) is 3. The summed E-state index contributed by atoms with van der Waals surface area (Å²) >= 11 is 17.8. The smallest absolute Gasteiger partial charge is 0.263 e. The third-order valence-electron chi connectivity index (χ3n) is 4.78. The van der Waals surface area contributed by atoms with E-state index in [9.17, 15) is 8.42 Å². The maximum Gasteiger partial charge on any atom is 0.263 e. The van der Waals surface area contributed by atoms with Crippen LogP contribution in [0.1, 0.15) is 12.8 Å². The molecule has 4 rings (SSSR count). The normalized spacial score (nSPS) is 14.2. The van der Waals surface area contributed by atoms with Crippen molar-refractivity contribution in [3.63, 3.8) is 0 Å². The SMILES string of the molecule is O=S(=O)(Nc1ccc(-c2ccc(N3CCCC3)nn2)cc1)c1cc(Cl)c(Cl)cc1Cl. The van der Waals surface area contributed by atoms with E-state index in [1.54, 1.807) is 24.3 Å². The zero-order chi connectivity index (χ0) is 21.3. The summed E-state index contributed by atoms with van der Waals surface area (Å²) in [6.07, 6.45) is 2.35. The van der Waals surface area contributed by atoms with E-state index in [0.29, 0.717) is 11.4 Å². The number of anilines is 2. The van der Waals surface area contributed by atoms with Crippen LogP contribution >= 0.6 is 34.8 Å². The van der Waals surface area contributed by atoms with Crippen molar-refractivity contribution in [1.29, 1.82) is 0 Å². The van der Waals surface area contributed by atoms with E-state index in [2.05, 4.69) is 19.8 Å². The first kappa shape index (κ1) is 21.2. The summed E-state index contributed by atoms with van der Waals surface area (Å²) in [5.41, 5.74) is 1.91. The standard InChI is InChI=1S/C20H17Cl3N4O2S/c21-15-11-17(23)19(12-16(15)22)30(28,29)26-14-5-3-13(4-6-14)18-7-8-20(25-24-18)27-9-1-2-10-27/h3-8,11-12,26H,1-2,9-10H2. The zero-order valence-corrected chi connectivity index (χ0v) is 18.7. The van der Waals surface area contributed by atoms with Crippen molar-refractivity contribution in [1.82, 2.24) is 10.2 Å². The van der Waals surface area contributed by atoms with E-state index in [1.165, 1.54) is 25.0 Å². The Morgan fingerprint density at radius 3 is 2.13 bits per heavy atom. The van der Waals surface area contributed by atoms with Crippen LogP contribution in [-0.4, -0.2) is 31.7 Å². The minimum Gasteiger partial charge on any atom is -0.355 e. The fraction of sp³-hybridized carbons (Fsp3) is 0.200. The van der Waals surface area contributed by atoms with Crippen LogP contribution in [0.5, 0.6) is 0 Å². The molecule has 1 aromatic heterocycles. The minimum atomic E-state index is -3.93. The van der Waals surface area contributed by atoms with Crippen molar-refractivity contribution in [3.05, 3.63) is 63.6 Å². The Morgan fingerprint density at radius 2 is 1.50 bits per heavy atom. The first-order valence-electron chi connectivity index (χ1n) is 9.20. The molecule has 0 radical (unpaired) electrons. The van der Waals surface area contributed by atoms with Crippen molar-refractivity contribution in [2.45, 2.75) is 17.7 Å². The fourth-order valence-electron chi connectivity index (χ4n) is 3.22. The van der Waals surface area contributed by atoms with Gasteiger partial charge in [-0.05, 0) is 49.2 Å². The second-order valence-electron chi connectivity index (χ2n) is 6.85. The van der Waals surface area contributed by atoms with Crippen LogP contribution in [0.15, 0.2) is 53.4 Å². The lowest BCUT2D eigenvalue weighted by atomic mass is 10.1. The molecule has 2 heterocycles. The molecule has 3 aromatic rings. The molecule has 1 aliphatic heterocycles. The largest absolute Gasteiger partial charge is 0.355 e. The van der Waals surface area contributed by atoms with Gasteiger partial charge in [0.1, 0.15) is 4.90 Å². The molecule has 0 atom stereocenters. The van der Waals surface area contributed by atoms with E-state index in [1.807, 2.05) is 12.1 Å². The third kappa shape index (κ3) is 4.49. The van der Waals surface area contributed by atoms with Gasteiger partial charge < -0.3 is 4.90 Å². The highest BCUT2D eigenvalue weighted by Gasteiger charge is 2.20. The molecule has 6 nitrogen and oxygen atoms in total. The fourth-order valence-corrected chi connectivity index (χ4v) is 5.28. The van der Waals surface area contributed by atoms with Gasteiger partial charge >= 0.3 is 0 Å². The summed E-state index contributed by atoms with van der Waals surface area (Å²) < 4.78 is 27.9. The van der Waals surface area contributed by atoms with Gasteiger partial charge in [-0.15, -0.1) is 10.2 Å². The molecule has 2 aromatic carbocycles. The molecule has 156 valence electrons. The topological polar surface area (TPSA) is 75.2 Å². The van der Waals surface area contributed by atoms with Crippen LogP contribution in [0, 0.1) is 0 Å². The molecule has 0 bridgehead atoms. The third-order valence-corrected chi connectivity index (χ3v) is 7.35. The number of sulfonamides is 1. The Labute approximate surface area is 189 Å². The zero-order valence-electron chi connectivity index (χ0n) is 15.6. The van der Waals surface area contributed by atoms with Gasteiger partial charge in [0, 0.05) is 24.3 Å². The predicted molar refractivity (Wildman–Crippen MR) is 121 cm³/mol. The molecule has 10 heteroatoms. The molecule has 0 amide bonds. The minimum absolute atomic E-state index is 0.0121. The van der Waals surface area contributed by atoms with Gasteiger partial charge in [-0.2, -0.15) is 0 Å².